The third-order valence-corrected chi connectivity index (χ3v) is 8.15. The Labute approximate surface area is 431 Å². The van der Waals surface area contributed by atoms with Gasteiger partial charge in [-0.2, -0.15) is 27.1 Å². The molecule has 0 unspecified atom stereocenters. The smallest absolute Gasteiger partial charge is 0.508 e. The summed E-state index contributed by atoms with van der Waals surface area (Å²) in [6.07, 6.45) is 3.50. The summed E-state index contributed by atoms with van der Waals surface area (Å²) >= 11 is 3.36. The SMILES string of the molecule is C.Nc1nc(OCCCCBr)nc2c1[nH]c(=O)n2Cc1cccc(O)c1.Nc1nc2nc3c1[nH]c(=O)n3Cc1cccc(c1)OCCCCO2.[2H]OOC=O.[3HH].[3H][3H].[CH2-]F.[K+].[K+]. The number of phenolic OH excluding ortho intramolecular Hbond substituents is 1. The van der Waals surface area contributed by atoms with E-state index in [-0.39, 0.29) is 165 Å². The maximum absolute atomic E-state index is 12.3. The number of imidazole rings is 2. The van der Waals surface area contributed by atoms with E-state index in [2.05, 4.69) is 56.0 Å². The van der Waals surface area contributed by atoms with Crippen LogP contribution in [0, 0.1) is 7.18 Å². The Balaban J connectivity index is 0. The summed E-state index contributed by atoms with van der Waals surface area (Å²) in [6, 6.07) is 14.7. The average Bonchev–Trinajstić information content (AvgIpc) is 3.72. The number of aromatic nitrogens is 8. The van der Waals surface area contributed by atoms with E-state index in [0.717, 1.165) is 47.9 Å². The number of nitrogens with one attached hydrogen (secondary N) is 2. The van der Waals surface area contributed by atoms with Gasteiger partial charge in [0.05, 0.1) is 32.9 Å². The van der Waals surface area contributed by atoms with Crippen LogP contribution in [-0.4, -0.2) is 81.0 Å². The summed E-state index contributed by atoms with van der Waals surface area (Å²) in [6.45, 7) is 2.15. The van der Waals surface area contributed by atoms with Gasteiger partial charge < -0.3 is 50.0 Å². The molecular weight excluding hydrogens is 882 g/mol. The van der Waals surface area contributed by atoms with Crippen LogP contribution in [0.15, 0.2) is 58.1 Å². The largest absolute Gasteiger partial charge is 1.00 e. The number of rotatable bonds is 9. The van der Waals surface area contributed by atoms with E-state index in [1.807, 2.05) is 30.3 Å². The quantitative estimate of drug-likeness (QED) is 0.0190. The summed E-state index contributed by atoms with van der Waals surface area (Å²) < 4.78 is 44.7. The summed E-state index contributed by atoms with van der Waals surface area (Å²) in [5.41, 5.74) is 14.5. The van der Waals surface area contributed by atoms with E-state index >= 15 is 0 Å². The molecule has 0 atom stereocenters. The zero-order valence-electron chi connectivity index (χ0n) is 34.3. The molecule has 0 spiro atoms. The Morgan fingerprint density at radius 1 is 0.983 bits per heavy atom. The molecule has 5 heterocycles. The first-order valence-corrected chi connectivity index (χ1v) is 17.6. The average molecular weight is 936 g/mol. The Bertz CT molecular complexity index is 2330. The van der Waals surface area contributed by atoms with Crippen molar-refractivity contribution in [3.63, 3.8) is 0 Å². The van der Waals surface area contributed by atoms with E-state index in [9.17, 15) is 19.1 Å². The van der Waals surface area contributed by atoms with Gasteiger partial charge in [-0.05, 0) is 61.1 Å². The molecule has 0 radical (unpaired) electrons. The number of alkyl halides is 1. The minimum absolute atomic E-state index is 0. The Morgan fingerprint density at radius 2 is 1.67 bits per heavy atom. The van der Waals surface area contributed by atoms with Gasteiger partial charge in [0.2, 0.25) is 0 Å². The Kier molecular flexibility index (Phi) is 23.6. The zero-order valence-corrected chi connectivity index (χ0v) is 39.1. The van der Waals surface area contributed by atoms with Gasteiger partial charge in [0.25, 0.3) is 1.43 Å². The van der Waals surface area contributed by atoms with Gasteiger partial charge in [-0.15, -0.1) is 0 Å². The van der Waals surface area contributed by atoms with Crippen molar-refractivity contribution < 1.29 is 146 Å². The van der Waals surface area contributed by atoms with Crippen molar-refractivity contribution >= 4 is 56.4 Å². The number of carbonyl (C=O) groups is 1. The predicted octanol–water partition coefficient (Wildman–Crippen LogP) is -1.17. The number of aromatic hydroxyl groups is 1. The number of hydrogen-bond donors (Lipinski definition) is 6. The minimum Gasteiger partial charge on any atom is -0.508 e. The first-order chi connectivity index (χ1) is 28.2. The Morgan fingerprint density at radius 3 is 2.36 bits per heavy atom. The molecule has 8 N–H and O–H groups in total. The summed E-state index contributed by atoms with van der Waals surface area (Å²) in [5, 5.41) is 13.6. The van der Waals surface area contributed by atoms with E-state index in [1.54, 1.807) is 25.4 Å². The number of nitrogen functional groups attached to an aromatic ring is 2. The molecule has 19 nitrogen and oxygen atoms in total. The van der Waals surface area contributed by atoms with Crippen molar-refractivity contribution in [2.24, 2.45) is 0 Å². The number of hydrogen-bond acceptors (Lipinski definition) is 15. The molecule has 58 heavy (non-hydrogen) atoms. The minimum atomic E-state index is -0.351. The number of aromatic amines is 2. The number of fused-ring (bicyclic) bond motifs is 4. The van der Waals surface area contributed by atoms with E-state index < -0.39 is 0 Å². The Hall–Kier alpha value is -2.95. The molecule has 0 saturated heterocycles. The zero-order chi connectivity index (χ0) is 42.5. The first-order valence-electron chi connectivity index (χ1n) is 17.9. The number of benzene rings is 2. The molecule has 0 saturated carbocycles. The van der Waals surface area contributed by atoms with Crippen molar-refractivity contribution in [3.05, 3.63) is 87.8 Å². The molecule has 0 amide bonds. The van der Waals surface area contributed by atoms with Crippen LogP contribution >= 0.6 is 15.9 Å². The number of unbranched alkanes of at least 4 members (excludes halogenated alkanes) is 1. The molecule has 2 aromatic carbocycles. The maximum atomic E-state index is 12.3. The van der Waals surface area contributed by atoms with E-state index in [4.69, 9.17) is 34.9 Å². The summed E-state index contributed by atoms with van der Waals surface area (Å²) in [5.74, 6) is 1.28. The summed E-state index contributed by atoms with van der Waals surface area (Å²) in [4.78, 5) is 59.1. The maximum Gasteiger partial charge on any atom is 1.00 e. The second-order valence-corrected chi connectivity index (χ2v) is 12.2. The van der Waals surface area contributed by atoms with Crippen molar-refractivity contribution in [1.82, 2.24) is 39.0 Å². The molecule has 1 aliphatic heterocycles. The monoisotopic (exact) mass is 934 g/mol. The number of phenols is 1. The molecule has 7 rings (SSSR count). The van der Waals surface area contributed by atoms with Crippen LogP contribution in [0.1, 0.15) is 48.6 Å². The van der Waals surface area contributed by atoms with Gasteiger partial charge in [-0.1, -0.05) is 47.6 Å². The first kappa shape index (κ1) is 49.4. The fourth-order valence-electron chi connectivity index (χ4n) is 5.16. The number of carbonyl (C=O) groups excluding carboxylic acids is 1. The molecule has 4 bridgehead atoms. The van der Waals surface area contributed by atoms with Crippen molar-refractivity contribution in [2.45, 2.75) is 46.2 Å². The molecule has 306 valence electrons. The number of nitrogens with two attached hydrogens (primary N) is 2. The van der Waals surface area contributed by atoms with Crippen LogP contribution in [0.5, 0.6) is 23.5 Å². The van der Waals surface area contributed by atoms with E-state index in [0.29, 0.717) is 48.7 Å². The third-order valence-electron chi connectivity index (χ3n) is 7.59. The van der Waals surface area contributed by atoms with Crippen LogP contribution in [-0.2, 0) is 22.8 Å². The number of H-pyrrole nitrogens is 2. The molecule has 4 aromatic heterocycles. The predicted molar refractivity (Wildman–Crippen MR) is 214 cm³/mol. The third kappa shape index (κ3) is 15.3. The van der Waals surface area contributed by atoms with Crippen molar-refractivity contribution in [2.75, 3.05) is 36.6 Å². The van der Waals surface area contributed by atoms with Gasteiger partial charge in [-0.3, -0.25) is 13.9 Å². The molecular formula is C35H47BrFK2N10O9+. The van der Waals surface area contributed by atoms with Crippen LogP contribution in [0.3, 0.4) is 0 Å². The summed E-state index contributed by atoms with van der Waals surface area (Å²) in [7, 11) is 1.75. The second kappa shape index (κ2) is 27.7. The molecule has 0 fully saturated rings. The number of halogens is 2. The molecule has 6 aromatic rings. The van der Waals surface area contributed by atoms with Crippen LogP contribution < -0.4 is 140 Å². The van der Waals surface area contributed by atoms with Crippen LogP contribution in [0.25, 0.3) is 23.8 Å². The van der Waals surface area contributed by atoms with Gasteiger partial charge in [0.15, 0.2) is 22.9 Å². The molecule has 23 heteroatoms. The van der Waals surface area contributed by atoms with Crippen molar-refractivity contribution in [3.8, 4) is 23.5 Å². The van der Waals surface area contributed by atoms with Crippen LogP contribution in [0.2, 0.25) is 0 Å². The van der Waals surface area contributed by atoms with E-state index in [1.165, 1.54) is 9.13 Å². The fraction of sp³-hybridized carbons (Fsp3) is 0.314. The van der Waals surface area contributed by atoms with Gasteiger partial charge in [0, 0.05) is 9.73 Å². The van der Waals surface area contributed by atoms with Gasteiger partial charge in [0.1, 0.15) is 22.5 Å². The fourth-order valence-corrected chi connectivity index (χ4v) is 5.55. The second-order valence-electron chi connectivity index (χ2n) is 11.4. The van der Waals surface area contributed by atoms with Gasteiger partial charge >= 0.3 is 133 Å². The van der Waals surface area contributed by atoms with Gasteiger partial charge in [-0.25, -0.2) is 14.8 Å². The van der Waals surface area contributed by atoms with Crippen molar-refractivity contribution in [1.29, 1.82) is 1.43 Å². The topological polar surface area (TPSA) is 274 Å². The number of ether oxygens (including phenoxy) is 3. The molecule has 1 aliphatic rings. The van der Waals surface area contributed by atoms with Crippen LogP contribution in [0.4, 0.5) is 16.0 Å². The normalized spacial score (nSPS) is 11.7. The number of nitrogens with zero attached hydrogens (tertiary/aromatic N) is 6. The number of anilines is 2. The standard InChI is InChI=1S/C16H18BrN5O3.C16H17N5O3.CH2F.CH2O3.CH4.2K.2H2/c17-6-1-2-7-25-15-20-13(18)12-14(21-15)22(16(24)19-12)9-10-4-3-5-11(23)8-10;17-13-12-14-20-15(19-13)24-7-2-1-6-23-11-5-3-4-10(8-11)9-21(14)16(22)18-12;1-2;2-1-4-3;;;;;/h3-5,8,23H,1-2,6-7,9H2,(H,19,24)(H2,18,20,21);3-5,8H,1-2,6-7,9H2,(H,18,22)(H2,17,19,20);1H2;1,3H;1H4;;;2*1H/q;;-1;;;2*+1;;/i;;;;;;;1+2T;1+2/hD. The molecule has 0 aliphatic carbocycles.